The van der Waals surface area contributed by atoms with E-state index < -0.39 is 5.97 Å². The SMILES string of the molecule is CCOC(=O)C1CCN(C(=O)COC(=O)c2ccc(OC)cc2OC)CC1. The summed E-state index contributed by atoms with van der Waals surface area (Å²) in [5.74, 6) is -0.490. The van der Waals surface area contributed by atoms with Crippen LogP contribution in [0.2, 0.25) is 0 Å². The molecule has 1 aromatic rings. The summed E-state index contributed by atoms with van der Waals surface area (Å²) in [5.41, 5.74) is 0.215. The summed E-state index contributed by atoms with van der Waals surface area (Å²) in [6, 6.07) is 4.70. The van der Waals surface area contributed by atoms with E-state index in [2.05, 4.69) is 0 Å². The van der Waals surface area contributed by atoms with E-state index in [0.29, 0.717) is 44.0 Å². The molecule has 0 spiro atoms. The van der Waals surface area contributed by atoms with Crippen molar-refractivity contribution in [2.45, 2.75) is 19.8 Å². The Bertz CT molecular complexity index is 681. The van der Waals surface area contributed by atoms with Gasteiger partial charge in [-0.1, -0.05) is 0 Å². The number of hydrogen-bond donors (Lipinski definition) is 0. The molecule has 148 valence electrons. The molecule has 1 amide bonds. The van der Waals surface area contributed by atoms with Crippen molar-refractivity contribution in [3.8, 4) is 11.5 Å². The number of methoxy groups -OCH3 is 2. The first kappa shape index (κ1) is 20.5. The molecule has 8 heteroatoms. The lowest BCUT2D eigenvalue weighted by Crippen LogP contribution is -2.42. The Balaban J connectivity index is 1.85. The van der Waals surface area contributed by atoms with Gasteiger partial charge in [-0.05, 0) is 31.9 Å². The Morgan fingerprint density at radius 2 is 1.78 bits per heavy atom. The molecular weight excluding hydrogens is 354 g/mol. The molecule has 8 nitrogen and oxygen atoms in total. The number of rotatable bonds is 7. The van der Waals surface area contributed by atoms with E-state index >= 15 is 0 Å². The first-order chi connectivity index (χ1) is 13.0. The fourth-order valence-electron chi connectivity index (χ4n) is 2.89. The van der Waals surface area contributed by atoms with Gasteiger partial charge in [-0.25, -0.2) is 4.79 Å². The third-order valence-corrected chi connectivity index (χ3v) is 4.42. The number of piperidine rings is 1. The number of esters is 2. The van der Waals surface area contributed by atoms with Crippen molar-refractivity contribution < 1.29 is 33.3 Å². The maximum atomic E-state index is 12.3. The second kappa shape index (κ2) is 9.80. The molecule has 1 aliphatic rings. The summed E-state index contributed by atoms with van der Waals surface area (Å²) >= 11 is 0. The van der Waals surface area contributed by atoms with Crippen molar-refractivity contribution in [1.82, 2.24) is 4.90 Å². The van der Waals surface area contributed by atoms with Crippen LogP contribution < -0.4 is 9.47 Å². The number of likely N-dealkylation sites (tertiary alicyclic amines) is 1. The average Bonchev–Trinajstić information content (AvgIpc) is 2.71. The lowest BCUT2D eigenvalue weighted by molar-refractivity contribution is -0.151. The molecular formula is C19H25NO7. The van der Waals surface area contributed by atoms with Gasteiger partial charge >= 0.3 is 11.9 Å². The lowest BCUT2D eigenvalue weighted by atomic mass is 9.97. The number of carbonyl (C=O) groups is 3. The minimum atomic E-state index is -0.649. The summed E-state index contributed by atoms with van der Waals surface area (Å²) in [6.07, 6.45) is 1.09. The van der Waals surface area contributed by atoms with Crippen LogP contribution in [0.5, 0.6) is 11.5 Å². The second-order valence-electron chi connectivity index (χ2n) is 6.05. The van der Waals surface area contributed by atoms with Gasteiger partial charge in [0.2, 0.25) is 0 Å². The minimum absolute atomic E-state index is 0.180. The van der Waals surface area contributed by atoms with Gasteiger partial charge in [0.05, 0.1) is 26.7 Å². The topological polar surface area (TPSA) is 91.4 Å². The van der Waals surface area contributed by atoms with Gasteiger partial charge in [0.25, 0.3) is 5.91 Å². The monoisotopic (exact) mass is 379 g/mol. The van der Waals surface area contributed by atoms with E-state index in [1.54, 1.807) is 24.0 Å². The molecule has 1 saturated heterocycles. The quantitative estimate of drug-likeness (QED) is 0.666. The van der Waals surface area contributed by atoms with Gasteiger partial charge in [-0.15, -0.1) is 0 Å². The van der Waals surface area contributed by atoms with Gasteiger partial charge in [-0.2, -0.15) is 0 Å². The normalized spacial score (nSPS) is 14.4. The van der Waals surface area contributed by atoms with E-state index in [9.17, 15) is 14.4 Å². The van der Waals surface area contributed by atoms with Gasteiger partial charge < -0.3 is 23.8 Å². The summed E-state index contributed by atoms with van der Waals surface area (Å²) in [7, 11) is 2.95. The predicted octanol–water partition coefficient (Wildman–Crippen LogP) is 1.66. The molecule has 0 radical (unpaired) electrons. The van der Waals surface area contributed by atoms with Crippen molar-refractivity contribution in [2.75, 3.05) is 40.5 Å². The predicted molar refractivity (Wildman–Crippen MR) is 95.8 cm³/mol. The van der Waals surface area contributed by atoms with Crippen molar-refractivity contribution in [1.29, 1.82) is 0 Å². The number of hydrogen-bond acceptors (Lipinski definition) is 7. The molecule has 0 saturated carbocycles. The van der Waals surface area contributed by atoms with Gasteiger partial charge in [-0.3, -0.25) is 9.59 Å². The molecule has 0 unspecified atom stereocenters. The molecule has 2 rings (SSSR count). The molecule has 0 aromatic heterocycles. The highest BCUT2D eigenvalue weighted by Crippen LogP contribution is 2.25. The molecule has 1 aromatic carbocycles. The third-order valence-electron chi connectivity index (χ3n) is 4.42. The molecule has 1 fully saturated rings. The van der Waals surface area contributed by atoms with Crippen LogP contribution in [0.3, 0.4) is 0 Å². The fraction of sp³-hybridized carbons (Fsp3) is 0.526. The summed E-state index contributed by atoms with van der Waals surface area (Å²) < 4.78 is 20.4. The van der Waals surface area contributed by atoms with Crippen LogP contribution in [-0.4, -0.2) is 63.3 Å². The van der Waals surface area contributed by atoms with Crippen LogP contribution in [0, 0.1) is 5.92 Å². The summed E-state index contributed by atoms with van der Waals surface area (Å²) in [5, 5.41) is 0. The largest absolute Gasteiger partial charge is 0.497 e. The van der Waals surface area contributed by atoms with E-state index in [1.807, 2.05) is 0 Å². The zero-order chi connectivity index (χ0) is 19.8. The Labute approximate surface area is 158 Å². The number of nitrogens with zero attached hydrogens (tertiary/aromatic N) is 1. The van der Waals surface area contributed by atoms with E-state index in [0.717, 1.165) is 0 Å². The molecule has 1 heterocycles. The molecule has 1 aliphatic heterocycles. The number of benzene rings is 1. The van der Waals surface area contributed by atoms with E-state index in [4.69, 9.17) is 18.9 Å². The summed E-state index contributed by atoms with van der Waals surface area (Å²) in [6.45, 7) is 2.63. The maximum Gasteiger partial charge on any atom is 0.342 e. The van der Waals surface area contributed by atoms with Crippen LogP contribution in [-0.2, 0) is 19.1 Å². The fourth-order valence-corrected chi connectivity index (χ4v) is 2.89. The van der Waals surface area contributed by atoms with Gasteiger partial charge in [0.15, 0.2) is 6.61 Å². The third kappa shape index (κ3) is 5.35. The zero-order valence-electron chi connectivity index (χ0n) is 15.9. The van der Waals surface area contributed by atoms with Crippen molar-refractivity contribution in [3.63, 3.8) is 0 Å². The number of carbonyl (C=O) groups excluding carboxylic acids is 3. The highest BCUT2D eigenvalue weighted by molar-refractivity contribution is 5.94. The molecule has 27 heavy (non-hydrogen) atoms. The highest BCUT2D eigenvalue weighted by atomic mass is 16.5. The number of ether oxygens (including phenoxy) is 4. The van der Waals surface area contributed by atoms with Crippen molar-refractivity contribution >= 4 is 17.8 Å². The van der Waals surface area contributed by atoms with Crippen LogP contribution in [0.15, 0.2) is 18.2 Å². The highest BCUT2D eigenvalue weighted by Gasteiger charge is 2.28. The van der Waals surface area contributed by atoms with Crippen LogP contribution >= 0.6 is 0 Å². The first-order valence-electron chi connectivity index (χ1n) is 8.83. The zero-order valence-corrected chi connectivity index (χ0v) is 15.9. The molecule has 0 atom stereocenters. The van der Waals surface area contributed by atoms with Crippen molar-refractivity contribution in [3.05, 3.63) is 23.8 Å². The summed E-state index contributed by atoms with van der Waals surface area (Å²) in [4.78, 5) is 37.9. The van der Waals surface area contributed by atoms with Crippen LogP contribution in [0.25, 0.3) is 0 Å². The van der Waals surface area contributed by atoms with Crippen LogP contribution in [0.1, 0.15) is 30.1 Å². The molecule has 0 N–H and O–H groups in total. The lowest BCUT2D eigenvalue weighted by Gasteiger charge is -2.30. The molecule has 0 bridgehead atoms. The van der Waals surface area contributed by atoms with Gasteiger partial charge in [0, 0.05) is 19.2 Å². The smallest absolute Gasteiger partial charge is 0.342 e. The Morgan fingerprint density at radius 1 is 1.07 bits per heavy atom. The number of amides is 1. The Kier molecular flexibility index (Phi) is 7.45. The Morgan fingerprint density at radius 3 is 2.37 bits per heavy atom. The van der Waals surface area contributed by atoms with Crippen LogP contribution in [0.4, 0.5) is 0 Å². The average molecular weight is 379 g/mol. The standard InChI is InChI=1S/C19H25NO7/c1-4-26-18(22)13-7-9-20(10-8-13)17(21)12-27-19(23)15-6-5-14(24-2)11-16(15)25-3/h5-6,11,13H,4,7-10,12H2,1-3H3. The van der Waals surface area contributed by atoms with E-state index in [-0.39, 0.29) is 30.0 Å². The first-order valence-corrected chi connectivity index (χ1v) is 8.83. The van der Waals surface area contributed by atoms with Gasteiger partial charge in [0.1, 0.15) is 17.1 Å². The van der Waals surface area contributed by atoms with Crippen molar-refractivity contribution in [2.24, 2.45) is 5.92 Å². The second-order valence-corrected chi connectivity index (χ2v) is 6.05. The molecule has 0 aliphatic carbocycles. The van der Waals surface area contributed by atoms with E-state index in [1.165, 1.54) is 20.3 Å². The minimum Gasteiger partial charge on any atom is -0.497 e. The Hall–Kier alpha value is -2.77. The maximum absolute atomic E-state index is 12.3.